The Hall–Kier alpha value is -3.06. The number of carbonyl (C=O) groups is 2. The van der Waals surface area contributed by atoms with E-state index >= 15 is 0 Å². The Bertz CT molecular complexity index is 1280. The zero-order valence-electron chi connectivity index (χ0n) is 16.9. The molecular weight excluding hydrogens is 469 g/mol. The Labute approximate surface area is 198 Å². The molecule has 0 spiro atoms. The van der Waals surface area contributed by atoms with Crippen LogP contribution in [0, 0.1) is 0 Å². The lowest BCUT2D eigenvalue weighted by atomic mass is 10.0. The first-order valence-corrected chi connectivity index (χ1v) is 11.3. The van der Waals surface area contributed by atoms with Gasteiger partial charge in [-0.05, 0) is 42.8 Å². The number of furan rings is 1. The summed E-state index contributed by atoms with van der Waals surface area (Å²) in [5.41, 5.74) is 2.47. The number of esters is 1. The minimum Gasteiger partial charge on any atom is -0.462 e. The lowest BCUT2D eigenvalue weighted by Crippen LogP contribution is -2.14. The first-order valence-electron chi connectivity index (χ1n) is 9.68. The van der Waals surface area contributed by atoms with Crippen molar-refractivity contribution in [2.45, 2.75) is 6.92 Å². The van der Waals surface area contributed by atoms with Gasteiger partial charge in [0.2, 0.25) is 0 Å². The lowest BCUT2D eigenvalue weighted by Gasteiger charge is -2.08. The molecule has 1 N–H and O–H groups in total. The summed E-state index contributed by atoms with van der Waals surface area (Å²) in [5, 5.41) is 5.89. The Morgan fingerprint density at radius 2 is 1.81 bits per heavy atom. The number of thiophene rings is 1. The number of amides is 1. The average Bonchev–Trinajstić information content (AvgIpc) is 3.42. The van der Waals surface area contributed by atoms with Gasteiger partial charge in [0, 0.05) is 21.5 Å². The van der Waals surface area contributed by atoms with Gasteiger partial charge >= 0.3 is 5.97 Å². The molecule has 32 heavy (non-hydrogen) atoms. The highest BCUT2D eigenvalue weighted by Gasteiger charge is 2.24. The normalized spacial score (nSPS) is 10.7. The Kier molecular flexibility index (Phi) is 6.65. The molecule has 4 aromatic rings. The summed E-state index contributed by atoms with van der Waals surface area (Å²) in [5.74, 6) is -0.488. The Morgan fingerprint density at radius 3 is 2.53 bits per heavy atom. The number of nitrogens with one attached hydrogen (secondary N) is 1. The van der Waals surface area contributed by atoms with Gasteiger partial charge in [0.1, 0.15) is 16.3 Å². The molecule has 1 amide bonds. The number of hydrogen-bond acceptors (Lipinski definition) is 5. The SMILES string of the molecule is CCOC(=O)c1c(-c2ccccc2)csc1NC(=O)c1ccc(-c2ccc(Cl)cc2Cl)o1. The highest BCUT2D eigenvalue weighted by atomic mass is 35.5. The fourth-order valence-electron chi connectivity index (χ4n) is 3.14. The molecule has 2 heterocycles. The van der Waals surface area contributed by atoms with Crippen molar-refractivity contribution in [2.24, 2.45) is 0 Å². The number of rotatable bonds is 6. The predicted molar refractivity (Wildman–Crippen MR) is 128 cm³/mol. The number of ether oxygens (including phenoxy) is 1. The van der Waals surface area contributed by atoms with Gasteiger partial charge in [-0.3, -0.25) is 4.79 Å². The number of anilines is 1. The van der Waals surface area contributed by atoms with E-state index in [9.17, 15) is 9.59 Å². The van der Waals surface area contributed by atoms with Crippen molar-refractivity contribution in [1.82, 2.24) is 0 Å². The van der Waals surface area contributed by atoms with Crippen LogP contribution in [0.1, 0.15) is 27.8 Å². The number of halogens is 2. The number of carbonyl (C=O) groups excluding carboxylic acids is 2. The fraction of sp³-hybridized carbons (Fsp3) is 0.0833. The van der Waals surface area contributed by atoms with Crippen molar-refractivity contribution in [3.05, 3.63) is 87.4 Å². The van der Waals surface area contributed by atoms with Crippen molar-refractivity contribution < 1.29 is 18.7 Å². The van der Waals surface area contributed by atoms with Crippen molar-refractivity contribution in [3.63, 3.8) is 0 Å². The molecule has 0 aliphatic heterocycles. The van der Waals surface area contributed by atoms with Crippen molar-refractivity contribution in [1.29, 1.82) is 0 Å². The van der Waals surface area contributed by atoms with Gasteiger partial charge in [-0.15, -0.1) is 11.3 Å². The van der Waals surface area contributed by atoms with Crippen LogP contribution in [0.2, 0.25) is 10.0 Å². The van der Waals surface area contributed by atoms with Gasteiger partial charge in [0.25, 0.3) is 5.91 Å². The summed E-state index contributed by atoms with van der Waals surface area (Å²) in [6, 6.07) is 17.6. The fourth-order valence-corrected chi connectivity index (χ4v) is 4.60. The van der Waals surface area contributed by atoms with Crippen LogP contribution in [0.25, 0.3) is 22.5 Å². The highest BCUT2D eigenvalue weighted by molar-refractivity contribution is 7.15. The largest absolute Gasteiger partial charge is 0.462 e. The molecule has 0 aliphatic rings. The second kappa shape index (κ2) is 9.61. The third kappa shape index (κ3) is 4.58. The molecule has 2 aromatic heterocycles. The zero-order chi connectivity index (χ0) is 22.7. The van der Waals surface area contributed by atoms with Crippen LogP contribution in [0.15, 0.2) is 70.5 Å². The first-order chi connectivity index (χ1) is 15.5. The van der Waals surface area contributed by atoms with Gasteiger partial charge in [-0.1, -0.05) is 53.5 Å². The Morgan fingerprint density at radius 1 is 1.03 bits per heavy atom. The molecule has 2 aromatic carbocycles. The van der Waals surface area contributed by atoms with Gasteiger partial charge in [-0.2, -0.15) is 0 Å². The second-order valence-corrected chi connectivity index (χ2v) is 8.41. The standard InChI is InChI=1S/C24H17Cl2NO4S/c1-2-30-24(29)21-17(14-6-4-3-5-7-14)13-32-23(21)27-22(28)20-11-10-19(31-20)16-9-8-15(25)12-18(16)26/h3-13H,2H2,1H3,(H,27,28). The maximum atomic E-state index is 12.9. The van der Waals surface area contributed by atoms with Crippen LogP contribution in [0.3, 0.4) is 0 Å². The predicted octanol–water partition coefficient (Wildman–Crippen LogP) is 7.41. The molecular formula is C24H17Cl2NO4S. The van der Waals surface area contributed by atoms with Crippen LogP contribution in [0.4, 0.5) is 5.00 Å². The van der Waals surface area contributed by atoms with E-state index in [1.165, 1.54) is 11.3 Å². The molecule has 0 aliphatic carbocycles. The van der Waals surface area contributed by atoms with E-state index in [2.05, 4.69) is 5.32 Å². The number of hydrogen-bond donors (Lipinski definition) is 1. The Balaban J connectivity index is 1.63. The van der Waals surface area contributed by atoms with Gasteiger partial charge in [-0.25, -0.2) is 4.79 Å². The van der Waals surface area contributed by atoms with Crippen molar-refractivity contribution in [2.75, 3.05) is 11.9 Å². The van der Waals surface area contributed by atoms with Gasteiger partial charge < -0.3 is 14.5 Å². The van der Waals surface area contributed by atoms with E-state index < -0.39 is 11.9 Å². The lowest BCUT2D eigenvalue weighted by molar-refractivity contribution is 0.0529. The molecule has 162 valence electrons. The van der Waals surface area contributed by atoms with Crippen LogP contribution < -0.4 is 5.32 Å². The summed E-state index contributed by atoms with van der Waals surface area (Å²) >= 11 is 13.4. The van der Waals surface area contributed by atoms with E-state index in [1.54, 1.807) is 37.3 Å². The summed E-state index contributed by atoms with van der Waals surface area (Å²) in [7, 11) is 0. The van der Waals surface area contributed by atoms with E-state index in [0.717, 1.165) is 5.56 Å². The topological polar surface area (TPSA) is 68.5 Å². The van der Waals surface area contributed by atoms with E-state index in [-0.39, 0.29) is 12.4 Å². The molecule has 0 saturated heterocycles. The second-order valence-electron chi connectivity index (χ2n) is 6.68. The molecule has 0 unspecified atom stereocenters. The molecule has 0 radical (unpaired) electrons. The molecule has 0 atom stereocenters. The minimum atomic E-state index is -0.504. The third-order valence-electron chi connectivity index (χ3n) is 4.61. The van der Waals surface area contributed by atoms with Crippen LogP contribution in [-0.2, 0) is 4.74 Å². The molecule has 4 rings (SSSR count). The summed E-state index contributed by atoms with van der Waals surface area (Å²) in [6.45, 7) is 1.96. The van der Waals surface area contributed by atoms with E-state index in [0.29, 0.717) is 37.5 Å². The molecule has 0 saturated carbocycles. The minimum absolute atomic E-state index is 0.0792. The molecule has 0 fully saturated rings. The van der Waals surface area contributed by atoms with Gasteiger partial charge in [0.05, 0.1) is 11.6 Å². The van der Waals surface area contributed by atoms with Crippen molar-refractivity contribution >= 4 is 51.4 Å². The quantitative estimate of drug-likeness (QED) is 0.288. The highest BCUT2D eigenvalue weighted by Crippen LogP contribution is 2.37. The smallest absolute Gasteiger partial charge is 0.341 e. The third-order valence-corrected chi connectivity index (χ3v) is 6.05. The van der Waals surface area contributed by atoms with Crippen LogP contribution in [0.5, 0.6) is 0 Å². The van der Waals surface area contributed by atoms with E-state index in [4.69, 9.17) is 32.4 Å². The molecule has 0 bridgehead atoms. The van der Waals surface area contributed by atoms with Crippen LogP contribution >= 0.6 is 34.5 Å². The maximum absolute atomic E-state index is 12.9. The summed E-state index contributed by atoms with van der Waals surface area (Å²) in [6.07, 6.45) is 0. The monoisotopic (exact) mass is 485 g/mol. The van der Waals surface area contributed by atoms with Crippen molar-refractivity contribution in [3.8, 4) is 22.5 Å². The average molecular weight is 486 g/mol. The number of benzene rings is 2. The van der Waals surface area contributed by atoms with Crippen LogP contribution in [-0.4, -0.2) is 18.5 Å². The summed E-state index contributed by atoms with van der Waals surface area (Å²) in [4.78, 5) is 25.5. The first kappa shape index (κ1) is 22.1. The summed E-state index contributed by atoms with van der Waals surface area (Å²) < 4.78 is 10.9. The van der Waals surface area contributed by atoms with E-state index in [1.807, 2.05) is 35.7 Å². The zero-order valence-corrected chi connectivity index (χ0v) is 19.2. The maximum Gasteiger partial charge on any atom is 0.341 e. The molecule has 5 nitrogen and oxygen atoms in total. The van der Waals surface area contributed by atoms with Gasteiger partial charge in [0.15, 0.2) is 5.76 Å². The molecule has 8 heteroatoms.